The zero-order chi connectivity index (χ0) is 17.4. The first-order valence-electron chi connectivity index (χ1n) is 8.68. The van der Waals surface area contributed by atoms with Crippen LogP contribution in [0.3, 0.4) is 0 Å². The zero-order valence-electron chi connectivity index (χ0n) is 14.3. The van der Waals surface area contributed by atoms with Gasteiger partial charge >= 0.3 is 0 Å². The van der Waals surface area contributed by atoms with E-state index in [0.29, 0.717) is 12.5 Å². The van der Waals surface area contributed by atoms with Gasteiger partial charge in [0.05, 0.1) is 17.6 Å². The zero-order valence-corrected chi connectivity index (χ0v) is 15.1. The molecule has 0 atom stereocenters. The largest absolute Gasteiger partial charge is 0.366 e. The fourth-order valence-corrected chi connectivity index (χ4v) is 3.46. The molecule has 2 aromatic rings. The Morgan fingerprint density at radius 3 is 2.64 bits per heavy atom. The number of aryl methyl sites for hydroxylation is 1. The highest BCUT2D eigenvalue weighted by Gasteiger charge is 2.25. The first-order valence-corrected chi connectivity index (χ1v) is 9.06. The summed E-state index contributed by atoms with van der Waals surface area (Å²) >= 11 is 6.35. The Morgan fingerprint density at radius 2 is 2.00 bits per heavy atom. The van der Waals surface area contributed by atoms with E-state index in [4.69, 9.17) is 11.6 Å². The molecule has 0 unspecified atom stereocenters. The molecule has 0 aromatic carbocycles. The molecule has 9 heteroatoms. The minimum absolute atomic E-state index is 0.173. The molecule has 25 heavy (non-hydrogen) atoms. The maximum atomic E-state index is 12.4. The molecule has 4 rings (SSSR count). The summed E-state index contributed by atoms with van der Waals surface area (Å²) < 4.78 is 3.22. The van der Waals surface area contributed by atoms with E-state index in [2.05, 4.69) is 25.2 Å². The van der Waals surface area contributed by atoms with Crippen molar-refractivity contribution in [2.75, 3.05) is 31.1 Å². The molecular formula is C16H22ClN7O. The Balaban J connectivity index is 1.40. The Labute approximate surface area is 151 Å². The van der Waals surface area contributed by atoms with E-state index < -0.39 is 0 Å². The molecule has 0 bridgehead atoms. The first kappa shape index (κ1) is 16.5. The summed E-state index contributed by atoms with van der Waals surface area (Å²) in [6.07, 6.45) is 6.04. The van der Waals surface area contributed by atoms with Crippen molar-refractivity contribution in [2.24, 2.45) is 13.0 Å². The lowest BCUT2D eigenvalue weighted by Crippen LogP contribution is -2.46. The van der Waals surface area contributed by atoms with Gasteiger partial charge in [-0.2, -0.15) is 5.10 Å². The maximum absolute atomic E-state index is 12.4. The lowest BCUT2D eigenvalue weighted by molar-refractivity contribution is 0.247. The highest BCUT2D eigenvalue weighted by molar-refractivity contribution is 6.33. The van der Waals surface area contributed by atoms with Crippen LogP contribution in [-0.4, -0.2) is 55.9 Å². The summed E-state index contributed by atoms with van der Waals surface area (Å²) in [6, 6.07) is 0. The number of anilines is 1. The van der Waals surface area contributed by atoms with Crippen LogP contribution >= 0.6 is 11.6 Å². The predicted molar refractivity (Wildman–Crippen MR) is 94.7 cm³/mol. The SMILES string of the molecule is Cn1cc(CN2CCN(c3cnn(CC4CC4)c(=O)c3Cl)CC2)nn1. The minimum atomic E-state index is -0.173. The monoisotopic (exact) mass is 363 g/mol. The summed E-state index contributed by atoms with van der Waals surface area (Å²) in [6.45, 7) is 4.87. The second-order valence-electron chi connectivity index (χ2n) is 6.92. The van der Waals surface area contributed by atoms with Crippen molar-refractivity contribution >= 4 is 17.3 Å². The van der Waals surface area contributed by atoms with Crippen LogP contribution in [0.5, 0.6) is 0 Å². The first-order chi connectivity index (χ1) is 12.1. The van der Waals surface area contributed by atoms with Crippen LogP contribution in [0.25, 0.3) is 0 Å². The highest BCUT2D eigenvalue weighted by atomic mass is 35.5. The average Bonchev–Trinajstić information content (AvgIpc) is 3.34. The molecule has 0 radical (unpaired) electrons. The van der Waals surface area contributed by atoms with Crippen LogP contribution in [0.1, 0.15) is 18.5 Å². The molecule has 2 aliphatic rings. The fourth-order valence-electron chi connectivity index (χ4n) is 3.20. The van der Waals surface area contributed by atoms with Gasteiger partial charge in [-0.1, -0.05) is 16.8 Å². The number of hydrogen-bond acceptors (Lipinski definition) is 6. The smallest absolute Gasteiger partial charge is 0.287 e. The third-order valence-corrected chi connectivity index (χ3v) is 5.20. The molecule has 2 aromatic heterocycles. The predicted octanol–water partition coefficient (Wildman–Crippen LogP) is 0.757. The fraction of sp³-hybridized carbons (Fsp3) is 0.625. The van der Waals surface area contributed by atoms with Crippen LogP contribution in [-0.2, 0) is 20.1 Å². The number of hydrogen-bond donors (Lipinski definition) is 0. The van der Waals surface area contributed by atoms with Crippen LogP contribution in [0.15, 0.2) is 17.2 Å². The number of nitrogens with zero attached hydrogens (tertiary/aromatic N) is 7. The van der Waals surface area contributed by atoms with Crippen molar-refractivity contribution < 1.29 is 0 Å². The number of aromatic nitrogens is 5. The lowest BCUT2D eigenvalue weighted by Gasteiger charge is -2.35. The molecule has 3 heterocycles. The molecule has 134 valence electrons. The van der Waals surface area contributed by atoms with E-state index in [1.165, 1.54) is 17.5 Å². The van der Waals surface area contributed by atoms with Gasteiger partial charge in [0.2, 0.25) is 0 Å². The molecule has 2 fully saturated rings. The number of rotatable bonds is 5. The third-order valence-electron chi connectivity index (χ3n) is 4.84. The van der Waals surface area contributed by atoms with E-state index in [1.807, 2.05) is 13.2 Å². The Kier molecular flexibility index (Phi) is 4.47. The average molecular weight is 364 g/mol. The highest BCUT2D eigenvalue weighted by Crippen LogP contribution is 2.30. The van der Waals surface area contributed by atoms with E-state index >= 15 is 0 Å². The molecule has 1 saturated carbocycles. The van der Waals surface area contributed by atoms with E-state index in [0.717, 1.165) is 44.1 Å². The van der Waals surface area contributed by atoms with Crippen molar-refractivity contribution in [3.8, 4) is 0 Å². The van der Waals surface area contributed by atoms with Gasteiger partial charge in [0.1, 0.15) is 5.02 Å². The second-order valence-corrected chi connectivity index (χ2v) is 7.30. The van der Waals surface area contributed by atoms with E-state index in [9.17, 15) is 4.79 Å². The Morgan fingerprint density at radius 1 is 1.24 bits per heavy atom. The number of piperazine rings is 1. The molecule has 0 N–H and O–H groups in total. The summed E-state index contributed by atoms with van der Waals surface area (Å²) in [4.78, 5) is 16.9. The molecule has 0 spiro atoms. The van der Waals surface area contributed by atoms with Crippen molar-refractivity contribution in [3.05, 3.63) is 33.5 Å². The maximum Gasteiger partial charge on any atom is 0.287 e. The number of halogens is 1. The normalized spacial score (nSPS) is 18.7. The van der Waals surface area contributed by atoms with Gasteiger partial charge in [-0.3, -0.25) is 14.4 Å². The minimum Gasteiger partial charge on any atom is -0.366 e. The molecule has 1 aliphatic carbocycles. The van der Waals surface area contributed by atoms with Crippen LogP contribution in [0.2, 0.25) is 5.02 Å². The van der Waals surface area contributed by atoms with Gasteiger partial charge in [0.15, 0.2) is 0 Å². The van der Waals surface area contributed by atoms with Gasteiger partial charge in [0.25, 0.3) is 5.56 Å². The lowest BCUT2D eigenvalue weighted by atomic mass is 10.2. The molecule has 8 nitrogen and oxygen atoms in total. The van der Waals surface area contributed by atoms with Crippen molar-refractivity contribution in [3.63, 3.8) is 0 Å². The van der Waals surface area contributed by atoms with Gasteiger partial charge in [-0.15, -0.1) is 5.10 Å². The van der Waals surface area contributed by atoms with Crippen molar-refractivity contribution in [2.45, 2.75) is 25.9 Å². The summed E-state index contributed by atoms with van der Waals surface area (Å²) in [5.41, 5.74) is 1.55. The molecule has 1 aliphatic heterocycles. The van der Waals surface area contributed by atoms with Gasteiger partial charge in [-0.05, 0) is 18.8 Å². The topological polar surface area (TPSA) is 72.1 Å². The van der Waals surface area contributed by atoms with Crippen molar-refractivity contribution in [1.82, 2.24) is 29.7 Å². The van der Waals surface area contributed by atoms with Crippen LogP contribution in [0, 0.1) is 5.92 Å². The van der Waals surface area contributed by atoms with E-state index in [1.54, 1.807) is 10.9 Å². The van der Waals surface area contributed by atoms with E-state index in [-0.39, 0.29) is 10.6 Å². The standard InChI is InChI=1S/C16H22ClN7O/c1-21-10-13(19-20-21)11-22-4-6-23(7-5-22)14-8-18-24(9-12-2-3-12)16(25)15(14)17/h8,10,12H,2-7,9,11H2,1H3. The van der Waals surface area contributed by atoms with Gasteiger partial charge < -0.3 is 4.90 Å². The molecule has 1 saturated heterocycles. The molecular weight excluding hydrogens is 342 g/mol. The summed E-state index contributed by atoms with van der Waals surface area (Å²) in [7, 11) is 1.87. The molecule has 0 amide bonds. The van der Waals surface area contributed by atoms with Gasteiger partial charge in [0, 0.05) is 52.5 Å². The summed E-state index contributed by atoms with van der Waals surface area (Å²) in [5, 5.41) is 12.7. The Hall–Kier alpha value is -1.93. The van der Waals surface area contributed by atoms with Gasteiger partial charge in [-0.25, -0.2) is 4.68 Å². The summed E-state index contributed by atoms with van der Waals surface area (Å²) in [5.74, 6) is 0.594. The van der Waals surface area contributed by atoms with Crippen LogP contribution < -0.4 is 10.5 Å². The van der Waals surface area contributed by atoms with Crippen LogP contribution in [0.4, 0.5) is 5.69 Å². The third kappa shape index (κ3) is 3.69. The Bertz CT molecular complexity index is 805. The second kappa shape index (κ2) is 6.76. The quantitative estimate of drug-likeness (QED) is 0.781. The van der Waals surface area contributed by atoms with Crippen molar-refractivity contribution in [1.29, 1.82) is 0 Å².